The van der Waals surface area contributed by atoms with Crippen molar-refractivity contribution in [2.24, 2.45) is 4.99 Å². The molecule has 4 rings (SSSR count). The third-order valence-electron chi connectivity index (χ3n) is 6.01. The first-order chi connectivity index (χ1) is 14.8. The van der Waals surface area contributed by atoms with E-state index in [4.69, 9.17) is 0 Å². The Morgan fingerprint density at radius 1 is 1.16 bits per heavy atom. The standard InChI is InChI=1S/C24H26FN3O2S/c1-15(16-9-13-19(25)14-10-16)26-23-28-22(30)24(2,31-23)18-11-7-17(8-12-18)21(29)27-20-5-3-4-6-20/h7-15,20H,3-6H2,1-2H3,(H,27,29)(H,26,28,30)/t15-,24?/m0/s1. The Kier molecular flexibility index (Phi) is 6.14. The van der Waals surface area contributed by atoms with Crippen molar-refractivity contribution in [2.45, 2.75) is 56.4 Å². The number of aliphatic imine (C=N–C) groups is 1. The van der Waals surface area contributed by atoms with Crippen molar-refractivity contribution in [3.63, 3.8) is 0 Å². The number of rotatable bonds is 5. The van der Waals surface area contributed by atoms with Gasteiger partial charge in [-0.25, -0.2) is 4.39 Å². The maximum Gasteiger partial charge on any atom is 0.251 e. The fraction of sp³-hybridized carbons (Fsp3) is 0.375. The van der Waals surface area contributed by atoms with Crippen LogP contribution in [-0.4, -0.2) is 23.0 Å². The molecule has 1 aliphatic carbocycles. The summed E-state index contributed by atoms with van der Waals surface area (Å²) in [6, 6.07) is 13.5. The Balaban J connectivity index is 1.46. The van der Waals surface area contributed by atoms with Gasteiger partial charge in [-0.15, -0.1) is 0 Å². The molecule has 2 amide bonds. The van der Waals surface area contributed by atoms with Gasteiger partial charge in [-0.1, -0.05) is 48.9 Å². The number of thioether (sulfide) groups is 1. The summed E-state index contributed by atoms with van der Waals surface area (Å²) in [5.74, 6) is -0.506. The minimum absolute atomic E-state index is 0.0671. The van der Waals surface area contributed by atoms with E-state index in [2.05, 4.69) is 15.6 Å². The fourth-order valence-electron chi connectivity index (χ4n) is 4.00. The molecule has 2 atom stereocenters. The predicted molar refractivity (Wildman–Crippen MR) is 121 cm³/mol. The molecule has 5 nitrogen and oxygen atoms in total. The fourth-order valence-corrected chi connectivity index (χ4v) is 5.14. The summed E-state index contributed by atoms with van der Waals surface area (Å²) in [5, 5.41) is 6.48. The van der Waals surface area contributed by atoms with Crippen molar-refractivity contribution < 1.29 is 14.0 Å². The van der Waals surface area contributed by atoms with Crippen LogP contribution >= 0.6 is 11.8 Å². The Labute approximate surface area is 185 Å². The molecule has 1 heterocycles. The van der Waals surface area contributed by atoms with E-state index in [0.29, 0.717) is 10.7 Å². The number of nitrogens with one attached hydrogen (secondary N) is 2. The van der Waals surface area contributed by atoms with Crippen molar-refractivity contribution in [1.29, 1.82) is 0 Å². The molecule has 2 aliphatic rings. The van der Waals surface area contributed by atoms with Gasteiger partial charge in [0.2, 0.25) is 5.91 Å². The Bertz CT molecular complexity index is 1000. The maximum atomic E-state index is 13.2. The van der Waals surface area contributed by atoms with Gasteiger partial charge in [0.05, 0.1) is 6.04 Å². The van der Waals surface area contributed by atoms with Crippen LogP contribution in [-0.2, 0) is 9.54 Å². The molecule has 162 valence electrons. The van der Waals surface area contributed by atoms with Crippen molar-refractivity contribution in [2.75, 3.05) is 0 Å². The number of hydrogen-bond acceptors (Lipinski definition) is 4. The third-order valence-corrected chi connectivity index (χ3v) is 7.24. The lowest BCUT2D eigenvalue weighted by Gasteiger charge is -2.20. The number of carbonyl (C=O) groups excluding carboxylic acids is 2. The van der Waals surface area contributed by atoms with E-state index in [9.17, 15) is 14.0 Å². The van der Waals surface area contributed by atoms with Crippen LogP contribution in [0.1, 0.15) is 67.1 Å². The van der Waals surface area contributed by atoms with Crippen LogP contribution in [0, 0.1) is 5.82 Å². The van der Waals surface area contributed by atoms with Crippen LogP contribution in [0.2, 0.25) is 0 Å². The first kappa shape index (κ1) is 21.6. The minimum atomic E-state index is -0.832. The van der Waals surface area contributed by atoms with Crippen LogP contribution in [0.15, 0.2) is 53.5 Å². The highest BCUT2D eigenvalue weighted by molar-refractivity contribution is 8.15. The first-order valence-corrected chi connectivity index (χ1v) is 11.4. The molecule has 2 fully saturated rings. The van der Waals surface area contributed by atoms with Gasteiger partial charge in [0.1, 0.15) is 10.6 Å². The van der Waals surface area contributed by atoms with Crippen molar-refractivity contribution in [1.82, 2.24) is 10.6 Å². The van der Waals surface area contributed by atoms with Crippen LogP contribution in [0.3, 0.4) is 0 Å². The molecule has 1 saturated carbocycles. The molecular weight excluding hydrogens is 413 g/mol. The highest BCUT2D eigenvalue weighted by atomic mass is 32.2. The van der Waals surface area contributed by atoms with E-state index in [1.807, 2.05) is 26.0 Å². The zero-order valence-electron chi connectivity index (χ0n) is 17.7. The Morgan fingerprint density at radius 2 is 1.81 bits per heavy atom. The largest absolute Gasteiger partial charge is 0.349 e. The van der Waals surface area contributed by atoms with Gasteiger partial charge in [-0.2, -0.15) is 0 Å². The van der Waals surface area contributed by atoms with Gasteiger partial charge in [0.15, 0.2) is 5.17 Å². The molecule has 31 heavy (non-hydrogen) atoms. The van der Waals surface area contributed by atoms with E-state index in [1.165, 1.54) is 23.9 Å². The normalized spacial score (nSPS) is 23.7. The van der Waals surface area contributed by atoms with E-state index in [0.717, 1.165) is 36.8 Å². The molecule has 2 N–H and O–H groups in total. The molecule has 0 radical (unpaired) electrons. The number of amides is 2. The number of nitrogens with zero attached hydrogens (tertiary/aromatic N) is 1. The second-order valence-corrected chi connectivity index (χ2v) is 9.69. The second kappa shape index (κ2) is 8.83. The van der Waals surface area contributed by atoms with Crippen molar-refractivity contribution in [3.05, 3.63) is 71.0 Å². The van der Waals surface area contributed by atoms with Crippen LogP contribution in [0.5, 0.6) is 0 Å². The number of hydrogen-bond donors (Lipinski definition) is 2. The molecule has 1 aliphatic heterocycles. The molecule has 2 aromatic carbocycles. The molecule has 0 spiro atoms. The summed E-state index contributed by atoms with van der Waals surface area (Å²) >= 11 is 1.36. The first-order valence-electron chi connectivity index (χ1n) is 10.6. The highest BCUT2D eigenvalue weighted by Gasteiger charge is 2.44. The van der Waals surface area contributed by atoms with Gasteiger partial charge in [0, 0.05) is 11.6 Å². The Morgan fingerprint density at radius 3 is 2.45 bits per heavy atom. The molecule has 7 heteroatoms. The van der Waals surface area contributed by atoms with E-state index < -0.39 is 4.75 Å². The smallest absolute Gasteiger partial charge is 0.251 e. The molecular formula is C24H26FN3O2S. The van der Waals surface area contributed by atoms with Gasteiger partial charge in [-0.3, -0.25) is 14.6 Å². The molecule has 2 aromatic rings. The number of halogens is 1. The maximum absolute atomic E-state index is 13.2. The molecule has 0 bridgehead atoms. The summed E-state index contributed by atoms with van der Waals surface area (Å²) in [6.07, 6.45) is 4.41. The number of carbonyl (C=O) groups is 2. The van der Waals surface area contributed by atoms with Gasteiger partial charge in [-0.05, 0) is 62.1 Å². The van der Waals surface area contributed by atoms with Crippen LogP contribution < -0.4 is 10.6 Å². The number of amidine groups is 1. The second-order valence-electron chi connectivity index (χ2n) is 8.28. The molecule has 1 unspecified atom stereocenters. The SMILES string of the molecule is C[C@H](N=C1NC(=O)C(C)(c2ccc(C(=O)NC3CCCC3)cc2)S1)c1ccc(F)cc1. The number of benzene rings is 2. The zero-order valence-corrected chi connectivity index (χ0v) is 18.5. The minimum Gasteiger partial charge on any atom is -0.349 e. The lowest BCUT2D eigenvalue weighted by Crippen LogP contribution is -2.33. The lowest BCUT2D eigenvalue weighted by atomic mass is 9.98. The Hall–Kier alpha value is -2.67. The lowest BCUT2D eigenvalue weighted by molar-refractivity contribution is -0.121. The van der Waals surface area contributed by atoms with E-state index in [1.54, 1.807) is 24.3 Å². The summed E-state index contributed by atoms with van der Waals surface area (Å²) in [6.45, 7) is 3.76. The monoisotopic (exact) mass is 439 g/mol. The summed E-state index contributed by atoms with van der Waals surface area (Å²) in [5.41, 5.74) is 2.28. The summed E-state index contributed by atoms with van der Waals surface area (Å²) in [7, 11) is 0. The quantitative estimate of drug-likeness (QED) is 0.710. The van der Waals surface area contributed by atoms with Gasteiger partial charge < -0.3 is 10.6 Å². The highest BCUT2D eigenvalue weighted by Crippen LogP contribution is 2.41. The average molecular weight is 440 g/mol. The summed E-state index contributed by atoms with van der Waals surface area (Å²) < 4.78 is 12.3. The van der Waals surface area contributed by atoms with Crippen molar-refractivity contribution >= 4 is 28.7 Å². The topological polar surface area (TPSA) is 70.6 Å². The summed E-state index contributed by atoms with van der Waals surface area (Å²) in [4.78, 5) is 29.9. The third kappa shape index (κ3) is 4.66. The van der Waals surface area contributed by atoms with E-state index >= 15 is 0 Å². The van der Waals surface area contributed by atoms with Crippen LogP contribution in [0.4, 0.5) is 4.39 Å². The predicted octanol–water partition coefficient (Wildman–Crippen LogP) is 4.69. The zero-order chi connectivity index (χ0) is 22.0. The van der Waals surface area contributed by atoms with E-state index in [-0.39, 0.29) is 29.7 Å². The van der Waals surface area contributed by atoms with Gasteiger partial charge >= 0.3 is 0 Å². The molecule has 1 saturated heterocycles. The average Bonchev–Trinajstić information content (AvgIpc) is 3.36. The molecule has 0 aromatic heterocycles. The van der Waals surface area contributed by atoms with Crippen LogP contribution in [0.25, 0.3) is 0 Å². The van der Waals surface area contributed by atoms with Crippen molar-refractivity contribution in [3.8, 4) is 0 Å². The van der Waals surface area contributed by atoms with Gasteiger partial charge in [0.25, 0.3) is 5.91 Å².